The second-order valence-corrected chi connectivity index (χ2v) is 5.15. The molecule has 1 atom stereocenters. The van der Waals surface area contributed by atoms with Crippen molar-refractivity contribution in [1.82, 2.24) is 14.5 Å². The number of hydrogen-bond donors (Lipinski definition) is 1. The van der Waals surface area contributed by atoms with Crippen molar-refractivity contribution >= 4 is 28.9 Å². The van der Waals surface area contributed by atoms with E-state index < -0.39 is 0 Å². The summed E-state index contributed by atoms with van der Waals surface area (Å²) in [6.45, 7) is 2.13. The molecule has 1 unspecified atom stereocenters. The van der Waals surface area contributed by atoms with E-state index in [1.54, 1.807) is 13.2 Å². The molecule has 2 rings (SSSR count). The van der Waals surface area contributed by atoms with Gasteiger partial charge in [-0.05, 0) is 31.4 Å². The predicted octanol–water partition coefficient (Wildman–Crippen LogP) is 2.34. The number of aromatic nitrogens is 3. The highest BCUT2D eigenvalue weighted by molar-refractivity contribution is 7.98. The second kappa shape index (κ2) is 5.48. The Morgan fingerprint density at radius 1 is 1.44 bits per heavy atom. The van der Waals surface area contributed by atoms with E-state index >= 15 is 0 Å². The van der Waals surface area contributed by atoms with E-state index in [1.807, 2.05) is 22.4 Å². The van der Waals surface area contributed by atoms with Gasteiger partial charge in [-0.15, -0.1) is 0 Å². The molecule has 0 saturated heterocycles. The van der Waals surface area contributed by atoms with Crippen LogP contribution in [-0.4, -0.2) is 33.7 Å². The number of nitrogens with two attached hydrogens (primary N) is 1. The fourth-order valence-corrected chi connectivity index (χ4v) is 2.52. The van der Waals surface area contributed by atoms with Crippen molar-refractivity contribution in [3.05, 3.63) is 12.1 Å². The number of methoxy groups -OCH3 is 1. The summed E-state index contributed by atoms with van der Waals surface area (Å²) in [5, 5.41) is 0. The van der Waals surface area contributed by atoms with Crippen molar-refractivity contribution in [1.29, 1.82) is 0 Å². The Balaban J connectivity index is 2.44. The Morgan fingerprint density at radius 3 is 2.89 bits per heavy atom. The van der Waals surface area contributed by atoms with Gasteiger partial charge >= 0.3 is 0 Å². The zero-order chi connectivity index (χ0) is 13.1. The van der Waals surface area contributed by atoms with Gasteiger partial charge in [-0.3, -0.25) is 4.57 Å². The van der Waals surface area contributed by atoms with Gasteiger partial charge in [-0.1, -0.05) is 0 Å². The molecule has 2 aromatic rings. The molecule has 5 nitrogen and oxygen atoms in total. The third kappa shape index (κ3) is 2.38. The molecule has 0 aliphatic heterocycles. The van der Waals surface area contributed by atoms with Crippen LogP contribution < -0.4 is 10.5 Å². The number of thioether (sulfide) groups is 1. The van der Waals surface area contributed by atoms with Crippen LogP contribution in [0.15, 0.2) is 12.1 Å². The number of ether oxygens (including phenoxy) is 1. The van der Waals surface area contributed by atoms with Gasteiger partial charge in [0, 0.05) is 12.1 Å². The number of fused-ring (bicyclic) bond motifs is 1. The normalized spacial score (nSPS) is 12.8. The number of imidazole rings is 1. The molecule has 0 aliphatic carbocycles. The molecule has 0 radical (unpaired) electrons. The minimum Gasteiger partial charge on any atom is -0.481 e. The van der Waals surface area contributed by atoms with Gasteiger partial charge in [0.1, 0.15) is 5.52 Å². The zero-order valence-corrected chi connectivity index (χ0v) is 11.7. The number of anilines is 1. The molecule has 0 spiro atoms. The minimum absolute atomic E-state index is 0.280. The third-order valence-electron chi connectivity index (χ3n) is 2.93. The molecule has 0 aromatic carbocycles. The lowest BCUT2D eigenvalue weighted by Gasteiger charge is -2.14. The highest BCUT2D eigenvalue weighted by atomic mass is 32.2. The van der Waals surface area contributed by atoms with E-state index in [4.69, 9.17) is 10.5 Å². The number of pyridine rings is 1. The van der Waals surface area contributed by atoms with Crippen molar-refractivity contribution in [2.75, 3.05) is 24.9 Å². The third-order valence-corrected chi connectivity index (χ3v) is 3.57. The van der Waals surface area contributed by atoms with Crippen LogP contribution in [0.2, 0.25) is 0 Å². The molecule has 0 amide bonds. The van der Waals surface area contributed by atoms with Gasteiger partial charge in [0.05, 0.1) is 7.11 Å². The van der Waals surface area contributed by atoms with E-state index in [0.717, 1.165) is 23.3 Å². The van der Waals surface area contributed by atoms with Crippen LogP contribution in [0.4, 0.5) is 5.95 Å². The van der Waals surface area contributed by atoms with Crippen LogP contribution >= 0.6 is 11.8 Å². The molecule has 0 fully saturated rings. The molecule has 18 heavy (non-hydrogen) atoms. The number of nitrogen functional groups attached to an aromatic ring is 1. The van der Waals surface area contributed by atoms with Crippen LogP contribution in [0.25, 0.3) is 11.2 Å². The van der Waals surface area contributed by atoms with Crippen molar-refractivity contribution < 1.29 is 4.74 Å². The quantitative estimate of drug-likeness (QED) is 0.899. The monoisotopic (exact) mass is 266 g/mol. The molecule has 0 aliphatic rings. The molecule has 2 N–H and O–H groups in total. The van der Waals surface area contributed by atoms with Crippen molar-refractivity contribution in [3.8, 4) is 5.88 Å². The first-order valence-electron chi connectivity index (χ1n) is 5.84. The summed E-state index contributed by atoms with van der Waals surface area (Å²) in [6.07, 6.45) is 3.14. The second-order valence-electron chi connectivity index (χ2n) is 4.17. The Morgan fingerprint density at radius 2 is 2.22 bits per heavy atom. The average molecular weight is 266 g/mol. The molecule has 6 heteroatoms. The topological polar surface area (TPSA) is 66.0 Å². The van der Waals surface area contributed by atoms with Crippen LogP contribution in [0.5, 0.6) is 5.88 Å². The minimum atomic E-state index is 0.280. The van der Waals surface area contributed by atoms with E-state index in [1.165, 1.54) is 0 Å². The summed E-state index contributed by atoms with van der Waals surface area (Å²) in [4.78, 5) is 8.77. The molecular formula is C12H18N4OS. The SMILES string of the molecule is COc1ccc2nc(N)n(C(C)CCSC)c2n1. The fraction of sp³-hybridized carbons (Fsp3) is 0.500. The van der Waals surface area contributed by atoms with Gasteiger partial charge in [0.15, 0.2) is 5.65 Å². The van der Waals surface area contributed by atoms with Gasteiger partial charge in [0.2, 0.25) is 11.8 Å². The lowest BCUT2D eigenvalue weighted by atomic mass is 10.2. The lowest BCUT2D eigenvalue weighted by Crippen LogP contribution is -2.10. The van der Waals surface area contributed by atoms with Gasteiger partial charge in [-0.25, -0.2) is 4.98 Å². The van der Waals surface area contributed by atoms with Crippen LogP contribution in [-0.2, 0) is 0 Å². The maximum Gasteiger partial charge on any atom is 0.215 e. The van der Waals surface area contributed by atoms with Gasteiger partial charge in [0.25, 0.3) is 0 Å². The lowest BCUT2D eigenvalue weighted by molar-refractivity contribution is 0.398. The highest BCUT2D eigenvalue weighted by Gasteiger charge is 2.15. The summed E-state index contributed by atoms with van der Waals surface area (Å²) in [5.41, 5.74) is 7.58. The molecule has 2 aromatic heterocycles. The van der Waals surface area contributed by atoms with Crippen molar-refractivity contribution in [3.63, 3.8) is 0 Å². The van der Waals surface area contributed by atoms with Gasteiger partial charge in [-0.2, -0.15) is 16.7 Å². The maximum absolute atomic E-state index is 5.98. The van der Waals surface area contributed by atoms with E-state index in [2.05, 4.69) is 23.1 Å². The molecular weight excluding hydrogens is 248 g/mol. The van der Waals surface area contributed by atoms with E-state index in [0.29, 0.717) is 11.8 Å². The Kier molecular flexibility index (Phi) is 3.96. The average Bonchev–Trinajstić information content (AvgIpc) is 2.70. The summed E-state index contributed by atoms with van der Waals surface area (Å²) >= 11 is 1.83. The molecule has 0 saturated carbocycles. The van der Waals surface area contributed by atoms with E-state index in [9.17, 15) is 0 Å². The van der Waals surface area contributed by atoms with Crippen molar-refractivity contribution in [2.24, 2.45) is 0 Å². The number of hydrogen-bond acceptors (Lipinski definition) is 5. The molecule has 2 heterocycles. The van der Waals surface area contributed by atoms with Crippen LogP contribution in [0.1, 0.15) is 19.4 Å². The van der Waals surface area contributed by atoms with Crippen molar-refractivity contribution in [2.45, 2.75) is 19.4 Å². The summed E-state index contributed by atoms with van der Waals surface area (Å²) in [6, 6.07) is 3.96. The maximum atomic E-state index is 5.98. The Bertz CT molecular complexity index is 540. The Hall–Kier alpha value is -1.43. The highest BCUT2D eigenvalue weighted by Crippen LogP contribution is 2.25. The first kappa shape index (κ1) is 13.0. The first-order chi connectivity index (χ1) is 8.67. The first-order valence-corrected chi connectivity index (χ1v) is 7.24. The molecule has 98 valence electrons. The zero-order valence-electron chi connectivity index (χ0n) is 10.9. The summed E-state index contributed by atoms with van der Waals surface area (Å²) in [5.74, 6) is 2.18. The van der Waals surface area contributed by atoms with Crippen LogP contribution in [0, 0.1) is 0 Å². The predicted molar refractivity (Wildman–Crippen MR) is 76.2 cm³/mol. The van der Waals surface area contributed by atoms with Crippen LogP contribution in [0.3, 0.4) is 0 Å². The van der Waals surface area contributed by atoms with E-state index in [-0.39, 0.29) is 6.04 Å². The van der Waals surface area contributed by atoms with Gasteiger partial charge < -0.3 is 10.5 Å². The summed E-state index contributed by atoms with van der Waals surface area (Å²) in [7, 11) is 1.61. The Labute approximate surface area is 111 Å². The number of nitrogens with zero attached hydrogens (tertiary/aromatic N) is 3. The fourth-order valence-electron chi connectivity index (χ4n) is 1.94. The summed E-state index contributed by atoms with van der Waals surface area (Å²) < 4.78 is 7.13. The largest absolute Gasteiger partial charge is 0.481 e. The standard InChI is InChI=1S/C12H18N4OS/c1-8(6-7-18-3)16-11-9(14-12(16)13)4-5-10(15-11)17-2/h4-5,8H,6-7H2,1-3H3,(H2,13,14). The smallest absolute Gasteiger partial charge is 0.215 e. The number of rotatable bonds is 5. The molecule has 0 bridgehead atoms.